The van der Waals surface area contributed by atoms with Crippen LogP contribution in [-0.2, 0) is 13.1 Å². The van der Waals surface area contributed by atoms with Crippen LogP contribution in [0.5, 0.6) is 11.5 Å². The molecule has 17 heavy (non-hydrogen) atoms. The van der Waals surface area contributed by atoms with E-state index >= 15 is 0 Å². The Morgan fingerprint density at radius 1 is 0.647 bits per heavy atom. The van der Waals surface area contributed by atoms with Crippen LogP contribution < -0.4 is 16.2 Å². The van der Waals surface area contributed by atoms with Crippen LogP contribution in [0.3, 0.4) is 0 Å². The van der Waals surface area contributed by atoms with Crippen LogP contribution in [0.15, 0.2) is 48.5 Å². The van der Waals surface area contributed by atoms with Gasteiger partial charge >= 0.3 is 0 Å². The van der Waals surface area contributed by atoms with Gasteiger partial charge in [-0.3, -0.25) is 0 Å². The Morgan fingerprint density at radius 2 is 1.00 bits per heavy atom. The summed E-state index contributed by atoms with van der Waals surface area (Å²) in [6.45, 7) is 1.09. The molecule has 0 aromatic heterocycles. The normalized spacial score (nSPS) is 10.2. The summed E-state index contributed by atoms with van der Waals surface area (Å²) in [6, 6.07) is 15.5. The Balaban J connectivity index is 2.08. The predicted octanol–water partition coefficient (Wildman–Crippen LogP) is 2.40. The fourth-order valence-corrected chi connectivity index (χ4v) is 1.52. The van der Waals surface area contributed by atoms with Crippen molar-refractivity contribution in [3.63, 3.8) is 0 Å². The topological polar surface area (TPSA) is 61.3 Å². The lowest BCUT2D eigenvalue weighted by atomic mass is 10.2. The fourth-order valence-electron chi connectivity index (χ4n) is 1.52. The molecule has 0 spiro atoms. The highest BCUT2D eigenvalue weighted by molar-refractivity contribution is 5.34. The maximum atomic E-state index is 5.70. The summed E-state index contributed by atoms with van der Waals surface area (Å²) in [7, 11) is 0. The van der Waals surface area contributed by atoms with Crippen molar-refractivity contribution < 1.29 is 4.74 Å². The van der Waals surface area contributed by atoms with E-state index in [2.05, 4.69) is 0 Å². The third-order valence-electron chi connectivity index (χ3n) is 2.55. The van der Waals surface area contributed by atoms with E-state index in [1.54, 1.807) is 0 Å². The molecule has 88 valence electrons. The quantitative estimate of drug-likeness (QED) is 0.844. The molecule has 0 heterocycles. The molecule has 3 heteroatoms. The van der Waals surface area contributed by atoms with E-state index in [-0.39, 0.29) is 0 Å². The van der Waals surface area contributed by atoms with Gasteiger partial charge < -0.3 is 16.2 Å². The highest BCUT2D eigenvalue weighted by Gasteiger charge is 1.97. The van der Waals surface area contributed by atoms with E-state index in [0.29, 0.717) is 13.1 Å². The number of nitrogens with two attached hydrogens (primary N) is 2. The van der Waals surface area contributed by atoms with Gasteiger partial charge in [0.1, 0.15) is 11.5 Å². The molecule has 0 bridgehead atoms. The molecule has 0 amide bonds. The lowest BCUT2D eigenvalue weighted by Crippen LogP contribution is -1.96. The molecule has 2 aromatic carbocycles. The van der Waals surface area contributed by atoms with Crippen molar-refractivity contribution >= 4 is 0 Å². The summed E-state index contributed by atoms with van der Waals surface area (Å²) in [5, 5.41) is 0. The Hall–Kier alpha value is -1.84. The number of rotatable bonds is 4. The zero-order chi connectivity index (χ0) is 12.1. The van der Waals surface area contributed by atoms with Gasteiger partial charge in [0.2, 0.25) is 0 Å². The molecule has 0 aliphatic rings. The first-order valence-corrected chi connectivity index (χ1v) is 5.57. The van der Waals surface area contributed by atoms with Gasteiger partial charge in [0.05, 0.1) is 0 Å². The number of hydrogen-bond donors (Lipinski definition) is 2. The van der Waals surface area contributed by atoms with Gasteiger partial charge in [-0.25, -0.2) is 0 Å². The monoisotopic (exact) mass is 228 g/mol. The summed E-state index contributed by atoms with van der Waals surface area (Å²) in [6.07, 6.45) is 0. The van der Waals surface area contributed by atoms with Crippen molar-refractivity contribution in [1.82, 2.24) is 0 Å². The molecule has 2 aromatic rings. The molecule has 0 saturated carbocycles. The van der Waals surface area contributed by atoms with Crippen molar-refractivity contribution in [2.75, 3.05) is 0 Å². The number of hydrogen-bond acceptors (Lipinski definition) is 3. The lowest BCUT2D eigenvalue weighted by molar-refractivity contribution is 0.482. The van der Waals surface area contributed by atoms with E-state index in [1.165, 1.54) is 0 Å². The van der Waals surface area contributed by atoms with E-state index < -0.39 is 0 Å². The van der Waals surface area contributed by atoms with Gasteiger partial charge in [0.25, 0.3) is 0 Å². The molecule has 0 radical (unpaired) electrons. The van der Waals surface area contributed by atoms with Crippen LogP contribution in [0.1, 0.15) is 11.1 Å². The van der Waals surface area contributed by atoms with Gasteiger partial charge in [0.15, 0.2) is 0 Å². The van der Waals surface area contributed by atoms with Crippen LogP contribution in [-0.4, -0.2) is 0 Å². The second-order valence-electron chi connectivity index (χ2n) is 3.80. The van der Waals surface area contributed by atoms with Gasteiger partial charge in [-0.2, -0.15) is 0 Å². The molecule has 0 unspecified atom stereocenters. The highest BCUT2D eigenvalue weighted by Crippen LogP contribution is 2.21. The first-order valence-electron chi connectivity index (χ1n) is 5.57. The van der Waals surface area contributed by atoms with Crippen molar-refractivity contribution in [3.8, 4) is 11.5 Å². The third kappa shape index (κ3) is 3.06. The van der Waals surface area contributed by atoms with E-state index in [1.807, 2.05) is 48.5 Å². The maximum Gasteiger partial charge on any atom is 0.127 e. The number of benzene rings is 2. The molecule has 2 rings (SSSR count). The second-order valence-corrected chi connectivity index (χ2v) is 3.80. The van der Waals surface area contributed by atoms with Crippen molar-refractivity contribution in [2.24, 2.45) is 11.5 Å². The van der Waals surface area contributed by atoms with Crippen LogP contribution in [0.2, 0.25) is 0 Å². The molecule has 0 fully saturated rings. The Morgan fingerprint density at radius 3 is 1.29 bits per heavy atom. The molecule has 0 atom stereocenters. The minimum Gasteiger partial charge on any atom is -0.457 e. The standard InChI is InChI=1S/C14H16N2O/c15-9-11-1-5-13(6-2-11)17-14-7-3-12(10-16)4-8-14/h1-8H,9-10,15-16H2. The van der Waals surface area contributed by atoms with E-state index in [0.717, 1.165) is 22.6 Å². The molecular weight excluding hydrogens is 212 g/mol. The summed E-state index contributed by atoms with van der Waals surface area (Å²) in [5.74, 6) is 1.62. The largest absolute Gasteiger partial charge is 0.457 e. The van der Waals surface area contributed by atoms with Gasteiger partial charge in [-0.15, -0.1) is 0 Å². The first-order chi connectivity index (χ1) is 8.31. The zero-order valence-electron chi connectivity index (χ0n) is 9.60. The van der Waals surface area contributed by atoms with Crippen molar-refractivity contribution in [2.45, 2.75) is 13.1 Å². The Bertz CT molecular complexity index is 417. The summed E-state index contributed by atoms with van der Waals surface area (Å²) in [5.41, 5.74) is 13.3. The zero-order valence-corrected chi connectivity index (χ0v) is 9.60. The van der Waals surface area contributed by atoms with Crippen molar-refractivity contribution in [1.29, 1.82) is 0 Å². The summed E-state index contributed by atoms with van der Waals surface area (Å²) in [4.78, 5) is 0. The minimum atomic E-state index is 0.547. The number of ether oxygens (including phenoxy) is 1. The smallest absolute Gasteiger partial charge is 0.127 e. The Labute approximate surface area is 101 Å². The average Bonchev–Trinajstić information content (AvgIpc) is 2.40. The minimum absolute atomic E-state index is 0.547. The lowest BCUT2D eigenvalue weighted by Gasteiger charge is -2.06. The molecule has 0 aliphatic heterocycles. The summed E-state index contributed by atoms with van der Waals surface area (Å²) < 4.78 is 5.70. The van der Waals surface area contributed by atoms with E-state index in [4.69, 9.17) is 16.2 Å². The van der Waals surface area contributed by atoms with Crippen LogP contribution in [0.4, 0.5) is 0 Å². The fraction of sp³-hybridized carbons (Fsp3) is 0.143. The van der Waals surface area contributed by atoms with Gasteiger partial charge in [0, 0.05) is 13.1 Å². The van der Waals surface area contributed by atoms with Gasteiger partial charge in [-0.05, 0) is 35.4 Å². The second kappa shape index (κ2) is 5.48. The molecular formula is C14H16N2O. The molecule has 4 N–H and O–H groups in total. The van der Waals surface area contributed by atoms with Gasteiger partial charge in [-0.1, -0.05) is 24.3 Å². The SMILES string of the molecule is NCc1ccc(Oc2ccc(CN)cc2)cc1. The summed E-state index contributed by atoms with van der Waals surface area (Å²) >= 11 is 0. The van der Waals surface area contributed by atoms with Crippen LogP contribution in [0, 0.1) is 0 Å². The molecule has 0 aliphatic carbocycles. The molecule has 3 nitrogen and oxygen atoms in total. The van der Waals surface area contributed by atoms with E-state index in [9.17, 15) is 0 Å². The predicted molar refractivity (Wildman–Crippen MR) is 68.7 cm³/mol. The third-order valence-corrected chi connectivity index (χ3v) is 2.55. The first kappa shape index (κ1) is 11.6. The maximum absolute atomic E-state index is 5.70. The van der Waals surface area contributed by atoms with Crippen LogP contribution in [0.25, 0.3) is 0 Å². The Kier molecular flexibility index (Phi) is 3.75. The van der Waals surface area contributed by atoms with Crippen LogP contribution >= 0.6 is 0 Å². The molecule has 0 saturated heterocycles. The highest BCUT2D eigenvalue weighted by atomic mass is 16.5. The van der Waals surface area contributed by atoms with Crippen molar-refractivity contribution in [3.05, 3.63) is 59.7 Å². The average molecular weight is 228 g/mol.